The number of hydrogen-bond donors (Lipinski definition) is 1. The number of carboxylic acid groups (broad SMARTS) is 1. The van der Waals surface area contributed by atoms with Gasteiger partial charge in [0.25, 0.3) is 0 Å². The first-order valence-electron chi connectivity index (χ1n) is 7.71. The highest BCUT2D eigenvalue weighted by Crippen LogP contribution is 2.43. The highest BCUT2D eigenvalue weighted by Gasteiger charge is 2.45. The molecule has 1 aliphatic heterocycles. The quantitative estimate of drug-likeness (QED) is 0.852. The number of amides is 1. The first-order chi connectivity index (χ1) is 11.9. The van der Waals surface area contributed by atoms with E-state index < -0.39 is 17.8 Å². The fourth-order valence-electron chi connectivity index (χ4n) is 3.07. The summed E-state index contributed by atoms with van der Waals surface area (Å²) in [4.78, 5) is 26.0. The summed E-state index contributed by atoms with van der Waals surface area (Å²) in [7, 11) is 0. The molecule has 1 amide bonds. The summed E-state index contributed by atoms with van der Waals surface area (Å²) in [6, 6.07) is 14.9. The number of carboxylic acids is 1. The van der Waals surface area contributed by atoms with Crippen LogP contribution in [-0.4, -0.2) is 17.0 Å². The number of anilines is 1. The number of carbonyl (C=O) groups is 2. The number of aliphatic carboxylic acids is 1. The molecule has 6 heteroatoms. The average molecular weight is 399 g/mol. The summed E-state index contributed by atoms with van der Waals surface area (Å²) < 4.78 is 0.739. The van der Waals surface area contributed by atoms with Crippen LogP contribution in [0.15, 0.2) is 46.9 Å². The van der Waals surface area contributed by atoms with Gasteiger partial charge in [-0.1, -0.05) is 45.8 Å². The maximum absolute atomic E-state index is 12.9. The molecular weight excluding hydrogens is 384 g/mol. The highest BCUT2D eigenvalue weighted by atomic mass is 79.9. The number of halogens is 1. The molecule has 1 aliphatic rings. The molecule has 25 heavy (non-hydrogen) atoms. The van der Waals surface area contributed by atoms with Crippen molar-refractivity contribution in [3.05, 3.63) is 63.6 Å². The molecule has 0 spiro atoms. The molecule has 0 aliphatic carbocycles. The molecule has 3 rings (SSSR count). The summed E-state index contributed by atoms with van der Waals surface area (Å²) in [5.74, 6) is -4.06. The van der Waals surface area contributed by atoms with Crippen molar-refractivity contribution >= 4 is 33.5 Å². The predicted octanol–water partition coefficient (Wildman–Crippen LogP) is 3.61. The molecule has 2 unspecified atom stereocenters. The summed E-state index contributed by atoms with van der Waals surface area (Å²) in [5.41, 5.74) is 3.28. The molecule has 2 aromatic rings. The molecule has 2 aromatic carbocycles. The SMILES string of the molecule is Cc1ccc(CN2C(=O)C(C(C#N)C(=O)O)c3cc(Br)ccc32)cc1. The zero-order valence-corrected chi connectivity index (χ0v) is 15.0. The summed E-state index contributed by atoms with van der Waals surface area (Å²) in [5, 5.41) is 18.6. The summed E-state index contributed by atoms with van der Waals surface area (Å²) in [6.07, 6.45) is 0. The Morgan fingerprint density at radius 2 is 2.00 bits per heavy atom. The number of hydrogen-bond acceptors (Lipinski definition) is 3. The summed E-state index contributed by atoms with van der Waals surface area (Å²) in [6.45, 7) is 2.32. The maximum atomic E-state index is 12.9. The van der Waals surface area contributed by atoms with E-state index in [-0.39, 0.29) is 5.91 Å². The van der Waals surface area contributed by atoms with Gasteiger partial charge in [0.05, 0.1) is 18.5 Å². The van der Waals surface area contributed by atoms with E-state index in [1.807, 2.05) is 31.2 Å². The van der Waals surface area contributed by atoms with Crippen LogP contribution < -0.4 is 4.90 Å². The van der Waals surface area contributed by atoms with Crippen molar-refractivity contribution in [1.82, 2.24) is 0 Å². The van der Waals surface area contributed by atoms with Crippen LogP contribution in [0.1, 0.15) is 22.6 Å². The van der Waals surface area contributed by atoms with E-state index in [1.54, 1.807) is 29.2 Å². The van der Waals surface area contributed by atoms with E-state index in [2.05, 4.69) is 15.9 Å². The molecule has 0 saturated heterocycles. The molecular formula is C19H15BrN2O3. The Bertz CT molecular complexity index is 887. The van der Waals surface area contributed by atoms with Gasteiger partial charge in [-0.05, 0) is 36.2 Å². The van der Waals surface area contributed by atoms with Gasteiger partial charge < -0.3 is 10.0 Å². The zero-order valence-electron chi connectivity index (χ0n) is 13.4. The minimum absolute atomic E-state index is 0.335. The molecule has 0 saturated carbocycles. The van der Waals surface area contributed by atoms with Gasteiger partial charge in [0.2, 0.25) is 5.91 Å². The molecule has 1 N–H and O–H groups in total. The summed E-state index contributed by atoms with van der Waals surface area (Å²) >= 11 is 3.35. The van der Waals surface area contributed by atoms with Crippen LogP contribution in [0.4, 0.5) is 5.69 Å². The van der Waals surface area contributed by atoms with Crippen molar-refractivity contribution in [1.29, 1.82) is 5.26 Å². The molecule has 1 heterocycles. The number of fused-ring (bicyclic) bond motifs is 1. The first-order valence-corrected chi connectivity index (χ1v) is 8.50. The van der Waals surface area contributed by atoms with Crippen LogP contribution in [0.2, 0.25) is 0 Å². The van der Waals surface area contributed by atoms with Crippen LogP contribution in [0, 0.1) is 24.2 Å². The lowest BCUT2D eigenvalue weighted by molar-refractivity contribution is -0.142. The third-order valence-electron chi connectivity index (χ3n) is 4.35. The van der Waals surface area contributed by atoms with Gasteiger partial charge in [-0.15, -0.1) is 0 Å². The largest absolute Gasteiger partial charge is 0.480 e. The monoisotopic (exact) mass is 398 g/mol. The van der Waals surface area contributed by atoms with E-state index in [9.17, 15) is 20.0 Å². The van der Waals surface area contributed by atoms with Crippen molar-refractivity contribution in [2.45, 2.75) is 19.4 Å². The minimum Gasteiger partial charge on any atom is -0.480 e. The van der Waals surface area contributed by atoms with Crippen molar-refractivity contribution in [2.24, 2.45) is 5.92 Å². The number of nitrogens with zero attached hydrogens (tertiary/aromatic N) is 2. The van der Waals surface area contributed by atoms with Gasteiger partial charge in [0.15, 0.2) is 5.92 Å². The first kappa shape index (κ1) is 17.2. The van der Waals surface area contributed by atoms with E-state index in [0.717, 1.165) is 15.6 Å². The fraction of sp³-hybridized carbons (Fsp3) is 0.211. The Labute approximate surface area is 153 Å². The van der Waals surface area contributed by atoms with Crippen LogP contribution >= 0.6 is 15.9 Å². The number of carbonyl (C=O) groups excluding carboxylic acids is 1. The average Bonchev–Trinajstić information content (AvgIpc) is 2.83. The van der Waals surface area contributed by atoms with Crippen LogP contribution in [-0.2, 0) is 16.1 Å². The molecule has 5 nitrogen and oxygen atoms in total. The smallest absolute Gasteiger partial charge is 0.322 e. The molecule has 2 atom stereocenters. The van der Waals surface area contributed by atoms with Gasteiger partial charge in [-0.2, -0.15) is 5.26 Å². The van der Waals surface area contributed by atoms with Crippen LogP contribution in [0.5, 0.6) is 0 Å². The van der Waals surface area contributed by atoms with E-state index in [0.29, 0.717) is 17.8 Å². The minimum atomic E-state index is -1.41. The van der Waals surface area contributed by atoms with Crippen molar-refractivity contribution < 1.29 is 14.7 Å². The van der Waals surface area contributed by atoms with Crippen LogP contribution in [0.25, 0.3) is 0 Å². The molecule has 0 fully saturated rings. The van der Waals surface area contributed by atoms with Gasteiger partial charge >= 0.3 is 5.97 Å². The van der Waals surface area contributed by atoms with Crippen molar-refractivity contribution in [3.63, 3.8) is 0 Å². The van der Waals surface area contributed by atoms with Gasteiger partial charge in [0.1, 0.15) is 0 Å². The lowest BCUT2D eigenvalue weighted by atomic mass is 9.88. The number of nitriles is 1. The normalized spacial score (nSPS) is 17.1. The van der Waals surface area contributed by atoms with E-state index in [1.165, 1.54) is 0 Å². The second-order valence-corrected chi connectivity index (χ2v) is 6.95. The predicted molar refractivity (Wildman–Crippen MR) is 96.0 cm³/mol. The standard InChI is InChI=1S/C19H15BrN2O3/c1-11-2-4-12(5-3-11)10-22-16-7-6-13(20)8-14(16)17(18(22)23)15(9-21)19(24)25/h2-8,15,17H,10H2,1H3,(H,24,25). The van der Waals surface area contributed by atoms with E-state index >= 15 is 0 Å². The van der Waals surface area contributed by atoms with Crippen molar-refractivity contribution in [2.75, 3.05) is 4.90 Å². The number of aryl methyl sites for hydroxylation is 1. The second-order valence-electron chi connectivity index (χ2n) is 6.04. The lowest BCUT2D eigenvalue weighted by Gasteiger charge is -2.19. The second kappa shape index (κ2) is 6.69. The Hall–Kier alpha value is -2.65. The third kappa shape index (κ3) is 3.15. The molecule has 0 bridgehead atoms. The Morgan fingerprint density at radius 1 is 1.32 bits per heavy atom. The Morgan fingerprint density at radius 3 is 2.60 bits per heavy atom. The maximum Gasteiger partial charge on any atom is 0.322 e. The lowest BCUT2D eigenvalue weighted by Crippen LogP contribution is -2.33. The topological polar surface area (TPSA) is 81.4 Å². The number of rotatable bonds is 4. The Balaban J connectivity index is 2.04. The zero-order chi connectivity index (χ0) is 18.1. The van der Waals surface area contributed by atoms with Crippen molar-refractivity contribution in [3.8, 4) is 6.07 Å². The van der Waals surface area contributed by atoms with Gasteiger partial charge in [-0.3, -0.25) is 9.59 Å². The van der Waals surface area contributed by atoms with E-state index in [4.69, 9.17) is 0 Å². The van der Waals surface area contributed by atoms with Gasteiger partial charge in [0, 0.05) is 10.2 Å². The third-order valence-corrected chi connectivity index (χ3v) is 4.84. The van der Waals surface area contributed by atoms with Crippen LogP contribution in [0.3, 0.4) is 0 Å². The van der Waals surface area contributed by atoms with Gasteiger partial charge in [-0.25, -0.2) is 0 Å². The number of benzene rings is 2. The molecule has 126 valence electrons. The Kier molecular flexibility index (Phi) is 4.60. The molecule has 0 aromatic heterocycles. The molecule has 0 radical (unpaired) electrons. The fourth-order valence-corrected chi connectivity index (χ4v) is 3.45. The highest BCUT2D eigenvalue weighted by molar-refractivity contribution is 9.10.